The molecule has 0 amide bonds. The van der Waals surface area contributed by atoms with Gasteiger partial charge in [0.1, 0.15) is 0 Å². The van der Waals surface area contributed by atoms with E-state index in [4.69, 9.17) is 10.8 Å². The molecule has 0 saturated carbocycles. The number of nitrogens with two attached hydrogens (primary N) is 1. The van der Waals surface area contributed by atoms with Gasteiger partial charge in [0.2, 0.25) is 0 Å². The number of anilines is 2. The molecule has 0 fully saturated rings. The number of rotatable bonds is 4. The van der Waals surface area contributed by atoms with E-state index in [-0.39, 0.29) is 6.61 Å². The van der Waals surface area contributed by atoms with Crippen LogP contribution in [0.1, 0.15) is 13.8 Å². The molecule has 0 spiro atoms. The second-order valence-corrected chi connectivity index (χ2v) is 4.63. The lowest BCUT2D eigenvalue weighted by molar-refractivity contribution is 0.299. The Labute approximate surface area is 99.0 Å². The Morgan fingerprint density at radius 1 is 1.47 bits per heavy atom. The highest BCUT2D eigenvalue weighted by Gasteiger charge is 2.12. The minimum absolute atomic E-state index is 0.133. The fraction of sp³-hybridized carbons (Fsp3) is 0.455. The summed E-state index contributed by atoms with van der Waals surface area (Å²) in [5, 5.41) is 9.00. The van der Waals surface area contributed by atoms with E-state index in [1.807, 2.05) is 18.2 Å². The van der Waals surface area contributed by atoms with Crippen molar-refractivity contribution in [3.05, 3.63) is 22.7 Å². The first-order chi connectivity index (χ1) is 7.06. The van der Waals surface area contributed by atoms with Crippen LogP contribution < -0.4 is 10.6 Å². The Hall–Kier alpha value is -0.740. The molecule has 0 unspecified atom stereocenters. The number of nitrogens with zero attached hydrogens (tertiary/aromatic N) is 1. The smallest absolute Gasteiger partial charge is 0.0606 e. The molecule has 15 heavy (non-hydrogen) atoms. The van der Waals surface area contributed by atoms with Gasteiger partial charge in [-0.05, 0) is 32.0 Å². The van der Waals surface area contributed by atoms with Gasteiger partial charge in [-0.25, -0.2) is 0 Å². The Morgan fingerprint density at radius 3 is 2.60 bits per heavy atom. The van der Waals surface area contributed by atoms with Crippen molar-refractivity contribution in [2.45, 2.75) is 19.9 Å². The standard InChI is InChI=1S/C11H17BrN2O/c1-8(2)14(5-6-15)11-4-3-9(12)7-10(11)13/h3-4,7-8,15H,5-6,13H2,1-2H3. The van der Waals surface area contributed by atoms with Gasteiger partial charge in [-0.3, -0.25) is 0 Å². The van der Waals surface area contributed by atoms with Crippen LogP contribution in [0.2, 0.25) is 0 Å². The van der Waals surface area contributed by atoms with Crippen LogP contribution in [-0.2, 0) is 0 Å². The Morgan fingerprint density at radius 2 is 2.13 bits per heavy atom. The van der Waals surface area contributed by atoms with Crippen LogP contribution in [0, 0.1) is 0 Å². The molecule has 3 nitrogen and oxygen atoms in total. The van der Waals surface area contributed by atoms with Gasteiger partial charge >= 0.3 is 0 Å². The summed E-state index contributed by atoms with van der Waals surface area (Å²) in [6.07, 6.45) is 0. The zero-order valence-electron chi connectivity index (χ0n) is 9.07. The number of halogens is 1. The fourth-order valence-electron chi connectivity index (χ4n) is 1.55. The molecule has 1 aromatic rings. The molecular weight excluding hydrogens is 256 g/mol. The van der Waals surface area contributed by atoms with Crippen LogP contribution in [0.5, 0.6) is 0 Å². The predicted molar refractivity (Wildman–Crippen MR) is 68.1 cm³/mol. The normalized spacial score (nSPS) is 10.7. The second-order valence-electron chi connectivity index (χ2n) is 3.71. The van der Waals surface area contributed by atoms with E-state index in [0.29, 0.717) is 12.6 Å². The van der Waals surface area contributed by atoms with Crippen LogP contribution in [0.15, 0.2) is 22.7 Å². The summed E-state index contributed by atoms with van der Waals surface area (Å²) < 4.78 is 0.969. The summed E-state index contributed by atoms with van der Waals surface area (Å²) in [5.41, 5.74) is 7.64. The number of hydrogen-bond acceptors (Lipinski definition) is 3. The van der Waals surface area contributed by atoms with Gasteiger partial charge in [-0.15, -0.1) is 0 Å². The Bertz CT molecular complexity index is 328. The SMILES string of the molecule is CC(C)N(CCO)c1ccc(Br)cc1N. The van der Waals surface area contributed by atoms with Crippen LogP contribution in [0.3, 0.4) is 0 Å². The maximum Gasteiger partial charge on any atom is 0.0606 e. The number of hydrogen-bond donors (Lipinski definition) is 2. The fourth-order valence-corrected chi connectivity index (χ4v) is 1.93. The third-order valence-corrected chi connectivity index (χ3v) is 2.76. The van der Waals surface area contributed by atoms with Crippen molar-refractivity contribution in [2.75, 3.05) is 23.8 Å². The van der Waals surface area contributed by atoms with Crippen LogP contribution >= 0.6 is 15.9 Å². The van der Waals surface area contributed by atoms with Crippen LogP contribution in [0.25, 0.3) is 0 Å². The molecule has 0 aliphatic carbocycles. The van der Waals surface area contributed by atoms with Crippen molar-refractivity contribution in [3.8, 4) is 0 Å². The minimum Gasteiger partial charge on any atom is -0.397 e. The quantitative estimate of drug-likeness (QED) is 0.827. The highest BCUT2D eigenvalue weighted by atomic mass is 79.9. The van der Waals surface area contributed by atoms with E-state index in [9.17, 15) is 0 Å². The van der Waals surface area contributed by atoms with Gasteiger partial charge in [0, 0.05) is 17.1 Å². The molecule has 0 radical (unpaired) electrons. The molecule has 0 saturated heterocycles. The maximum atomic E-state index is 9.00. The molecule has 3 N–H and O–H groups in total. The number of nitrogen functional groups attached to an aromatic ring is 1. The lowest BCUT2D eigenvalue weighted by Crippen LogP contribution is -2.33. The molecule has 1 aromatic carbocycles. The average molecular weight is 273 g/mol. The first-order valence-electron chi connectivity index (χ1n) is 4.98. The minimum atomic E-state index is 0.133. The van der Waals surface area contributed by atoms with Crippen molar-refractivity contribution in [1.82, 2.24) is 0 Å². The molecule has 0 heterocycles. The average Bonchev–Trinajstić information content (AvgIpc) is 2.15. The van der Waals surface area contributed by atoms with E-state index in [1.54, 1.807) is 0 Å². The molecule has 84 valence electrons. The third-order valence-electron chi connectivity index (χ3n) is 2.26. The summed E-state index contributed by atoms with van der Waals surface area (Å²) in [6.45, 7) is 4.89. The van der Waals surface area contributed by atoms with E-state index < -0.39 is 0 Å². The summed E-state index contributed by atoms with van der Waals surface area (Å²) in [6, 6.07) is 6.12. The highest BCUT2D eigenvalue weighted by Crippen LogP contribution is 2.27. The summed E-state index contributed by atoms with van der Waals surface area (Å²) in [4.78, 5) is 2.09. The number of benzene rings is 1. The summed E-state index contributed by atoms with van der Waals surface area (Å²) in [5.74, 6) is 0. The predicted octanol–water partition coefficient (Wildman–Crippen LogP) is 2.24. The van der Waals surface area contributed by atoms with Gasteiger partial charge in [0.25, 0.3) is 0 Å². The highest BCUT2D eigenvalue weighted by molar-refractivity contribution is 9.10. The molecule has 0 aliphatic rings. The van der Waals surface area contributed by atoms with Gasteiger partial charge in [0.05, 0.1) is 18.0 Å². The monoisotopic (exact) mass is 272 g/mol. The van der Waals surface area contributed by atoms with Gasteiger partial charge in [-0.2, -0.15) is 0 Å². The van der Waals surface area contributed by atoms with Gasteiger partial charge in [-0.1, -0.05) is 15.9 Å². The Kier molecular flexibility index (Phi) is 4.42. The van der Waals surface area contributed by atoms with E-state index in [0.717, 1.165) is 15.8 Å². The molecule has 0 bridgehead atoms. The second kappa shape index (κ2) is 5.37. The first kappa shape index (κ1) is 12.3. The molecule has 4 heteroatoms. The van der Waals surface area contributed by atoms with Crippen molar-refractivity contribution in [1.29, 1.82) is 0 Å². The topological polar surface area (TPSA) is 49.5 Å². The van der Waals surface area contributed by atoms with Crippen LogP contribution in [0.4, 0.5) is 11.4 Å². The number of aliphatic hydroxyl groups excluding tert-OH is 1. The largest absolute Gasteiger partial charge is 0.397 e. The molecule has 1 rings (SSSR count). The van der Waals surface area contributed by atoms with E-state index >= 15 is 0 Å². The van der Waals surface area contributed by atoms with Crippen LogP contribution in [-0.4, -0.2) is 24.3 Å². The van der Waals surface area contributed by atoms with Gasteiger partial charge < -0.3 is 15.7 Å². The van der Waals surface area contributed by atoms with Crippen molar-refractivity contribution < 1.29 is 5.11 Å². The zero-order valence-corrected chi connectivity index (χ0v) is 10.7. The van der Waals surface area contributed by atoms with Crippen molar-refractivity contribution in [2.24, 2.45) is 0 Å². The summed E-state index contributed by atoms with van der Waals surface area (Å²) in [7, 11) is 0. The lowest BCUT2D eigenvalue weighted by atomic mass is 10.2. The van der Waals surface area contributed by atoms with E-state index in [1.165, 1.54) is 0 Å². The van der Waals surface area contributed by atoms with E-state index in [2.05, 4.69) is 34.7 Å². The molecule has 0 atom stereocenters. The zero-order chi connectivity index (χ0) is 11.4. The van der Waals surface area contributed by atoms with Gasteiger partial charge in [0.15, 0.2) is 0 Å². The van der Waals surface area contributed by atoms with Crippen molar-refractivity contribution in [3.63, 3.8) is 0 Å². The number of aliphatic hydroxyl groups is 1. The summed E-state index contributed by atoms with van der Waals surface area (Å²) >= 11 is 3.37. The molecular formula is C11H17BrN2O. The lowest BCUT2D eigenvalue weighted by Gasteiger charge is -2.29. The third kappa shape index (κ3) is 3.11. The maximum absolute atomic E-state index is 9.00. The van der Waals surface area contributed by atoms with Crippen molar-refractivity contribution >= 4 is 27.3 Å². The Balaban J connectivity index is 3.00. The molecule has 0 aromatic heterocycles. The molecule has 0 aliphatic heterocycles. The first-order valence-corrected chi connectivity index (χ1v) is 5.78.